The van der Waals surface area contributed by atoms with Gasteiger partial charge in [-0.3, -0.25) is 0 Å². The Bertz CT molecular complexity index is 644. The summed E-state index contributed by atoms with van der Waals surface area (Å²) in [7, 11) is 0. The van der Waals surface area contributed by atoms with Gasteiger partial charge in [-0.2, -0.15) is 0 Å². The molecule has 2 nitrogen and oxygen atoms in total. The molecule has 0 aromatic carbocycles. The second-order valence-electron chi connectivity index (χ2n) is 13.7. The molecule has 0 amide bonds. The smallest absolute Gasteiger partial charge is 0.0591 e. The molecule has 10 atom stereocenters. The van der Waals surface area contributed by atoms with Crippen LogP contribution >= 0.6 is 15.9 Å². The van der Waals surface area contributed by atoms with Crippen LogP contribution in [0.15, 0.2) is 0 Å². The molecule has 3 saturated carbocycles. The van der Waals surface area contributed by atoms with Gasteiger partial charge in [0, 0.05) is 4.83 Å². The van der Waals surface area contributed by atoms with Crippen LogP contribution in [0.3, 0.4) is 0 Å². The second-order valence-corrected chi connectivity index (χ2v) is 14.8. The van der Waals surface area contributed by atoms with E-state index in [1.165, 1.54) is 38.5 Å². The molecule has 2 N–H and O–H groups in total. The van der Waals surface area contributed by atoms with Gasteiger partial charge >= 0.3 is 0 Å². The van der Waals surface area contributed by atoms with Crippen LogP contribution in [0.25, 0.3) is 0 Å². The molecule has 0 saturated heterocycles. The first-order chi connectivity index (χ1) is 14.7. The zero-order chi connectivity index (χ0) is 24.1. The molecular formula is C29H53BrO2. The highest BCUT2D eigenvalue weighted by molar-refractivity contribution is 9.09. The Labute approximate surface area is 207 Å². The Morgan fingerprint density at radius 1 is 1.09 bits per heavy atom. The first kappa shape index (κ1) is 27.0. The molecule has 188 valence electrons. The van der Waals surface area contributed by atoms with Gasteiger partial charge in [-0.25, -0.2) is 0 Å². The van der Waals surface area contributed by atoms with Gasteiger partial charge in [-0.15, -0.1) is 0 Å². The quantitative estimate of drug-likeness (QED) is 0.354. The van der Waals surface area contributed by atoms with Crippen molar-refractivity contribution in [3.8, 4) is 0 Å². The van der Waals surface area contributed by atoms with Crippen LogP contribution in [-0.4, -0.2) is 26.7 Å². The van der Waals surface area contributed by atoms with E-state index in [1.54, 1.807) is 0 Å². The SMILES string of the molecule is CC[C@H]([C@H](C)CCC(C)(C)O)[C@@]1(C)CCC2C(CC(Br)C3(C)C[C@@H](O)CCC[C@]23C)[C@H]1C. The van der Waals surface area contributed by atoms with Crippen LogP contribution < -0.4 is 0 Å². The van der Waals surface area contributed by atoms with Gasteiger partial charge in [0.2, 0.25) is 0 Å². The van der Waals surface area contributed by atoms with Crippen molar-refractivity contribution in [1.29, 1.82) is 0 Å². The number of fused-ring (bicyclic) bond motifs is 3. The number of halogens is 1. The molecule has 3 aliphatic carbocycles. The summed E-state index contributed by atoms with van der Waals surface area (Å²) in [5.74, 6) is 3.62. The van der Waals surface area contributed by atoms with Crippen LogP contribution in [0.5, 0.6) is 0 Å². The first-order valence-corrected chi connectivity index (χ1v) is 14.7. The van der Waals surface area contributed by atoms with Crippen molar-refractivity contribution in [2.24, 2.45) is 45.8 Å². The van der Waals surface area contributed by atoms with Crippen LogP contribution in [0, 0.1) is 45.8 Å². The van der Waals surface area contributed by atoms with E-state index in [0.717, 1.165) is 37.5 Å². The van der Waals surface area contributed by atoms with E-state index in [2.05, 4.69) is 57.5 Å². The van der Waals surface area contributed by atoms with Crippen LogP contribution in [0.4, 0.5) is 0 Å². The lowest BCUT2D eigenvalue weighted by Gasteiger charge is -2.65. The molecule has 4 unspecified atom stereocenters. The van der Waals surface area contributed by atoms with Crippen molar-refractivity contribution >= 4 is 15.9 Å². The molecule has 0 aromatic rings. The summed E-state index contributed by atoms with van der Waals surface area (Å²) in [6, 6.07) is 0. The third-order valence-corrected chi connectivity index (χ3v) is 12.9. The summed E-state index contributed by atoms with van der Waals surface area (Å²) in [6.45, 7) is 19.0. The lowest BCUT2D eigenvalue weighted by Crippen LogP contribution is -2.60. The molecule has 0 aromatic heterocycles. The summed E-state index contributed by atoms with van der Waals surface area (Å²) < 4.78 is 0. The first-order valence-electron chi connectivity index (χ1n) is 13.7. The molecule has 0 bridgehead atoms. The van der Waals surface area contributed by atoms with Crippen molar-refractivity contribution in [2.45, 2.75) is 136 Å². The third-order valence-electron chi connectivity index (χ3n) is 11.6. The molecule has 3 aliphatic rings. The zero-order valence-electron chi connectivity index (χ0n) is 22.4. The monoisotopic (exact) mass is 512 g/mol. The van der Waals surface area contributed by atoms with E-state index in [0.29, 0.717) is 33.4 Å². The normalized spacial score (nSPS) is 47.2. The van der Waals surface area contributed by atoms with Gasteiger partial charge in [0.15, 0.2) is 0 Å². The summed E-state index contributed by atoms with van der Waals surface area (Å²) >= 11 is 4.20. The molecule has 3 rings (SSSR count). The van der Waals surface area contributed by atoms with Crippen molar-refractivity contribution < 1.29 is 10.2 Å². The van der Waals surface area contributed by atoms with Gasteiger partial charge in [0.25, 0.3) is 0 Å². The average molecular weight is 514 g/mol. The van der Waals surface area contributed by atoms with Gasteiger partial charge in [-0.05, 0) is 111 Å². The minimum atomic E-state index is -0.563. The molecule has 3 heteroatoms. The fourth-order valence-corrected chi connectivity index (χ4v) is 10.3. The molecule has 32 heavy (non-hydrogen) atoms. The summed E-state index contributed by atoms with van der Waals surface area (Å²) in [5.41, 5.74) is 0.301. The topological polar surface area (TPSA) is 40.5 Å². The lowest BCUT2D eigenvalue weighted by atomic mass is 9.41. The van der Waals surface area contributed by atoms with E-state index in [-0.39, 0.29) is 11.5 Å². The number of aliphatic hydroxyl groups excluding tert-OH is 1. The molecule has 3 fully saturated rings. The van der Waals surface area contributed by atoms with E-state index in [9.17, 15) is 10.2 Å². The van der Waals surface area contributed by atoms with E-state index in [1.807, 2.05) is 13.8 Å². The van der Waals surface area contributed by atoms with Crippen molar-refractivity contribution in [1.82, 2.24) is 0 Å². The number of alkyl halides is 1. The molecule has 0 radical (unpaired) electrons. The fraction of sp³-hybridized carbons (Fsp3) is 1.00. The lowest BCUT2D eigenvalue weighted by molar-refractivity contribution is -0.150. The van der Waals surface area contributed by atoms with Gasteiger partial charge in [0.1, 0.15) is 0 Å². The maximum absolute atomic E-state index is 10.7. The highest BCUT2D eigenvalue weighted by Crippen LogP contribution is 2.69. The molecular weight excluding hydrogens is 460 g/mol. The van der Waals surface area contributed by atoms with Crippen LogP contribution in [-0.2, 0) is 0 Å². The highest BCUT2D eigenvalue weighted by Gasteiger charge is 2.63. The predicted molar refractivity (Wildman–Crippen MR) is 140 cm³/mol. The van der Waals surface area contributed by atoms with Crippen molar-refractivity contribution in [3.63, 3.8) is 0 Å². The largest absolute Gasteiger partial charge is 0.393 e. The number of hydrogen-bond acceptors (Lipinski definition) is 2. The van der Waals surface area contributed by atoms with Crippen LogP contribution in [0.2, 0.25) is 0 Å². The average Bonchev–Trinajstić information content (AvgIpc) is 2.80. The number of aliphatic hydroxyl groups is 2. The third kappa shape index (κ3) is 4.62. The van der Waals surface area contributed by atoms with Crippen molar-refractivity contribution in [3.05, 3.63) is 0 Å². The summed E-state index contributed by atoms with van der Waals surface area (Å²) in [5, 5.41) is 21.0. The van der Waals surface area contributed by atoms with Gasteiger partial charge < -0.3 is 10.2 Å². The van der Waals surface area contributed by atoms with E-state index in [4.69, 9.17) is 0 Å². The van der Waals surface area contributed by atoms with Gasteiger partial charge in [-0.1, -0.05) is 70.3 Å². The summed E-state index contributed by atoms with van der Waals surface area (Å²) in [4.78, 5) is 0.492. The maximum atomic E-state index is 10.7. The second kappa shape index (κ2) is 9.45. The molecule has 0 aliphatic heterocycles. The zero-order valence-corrected chi connectivity index (χ0v) is 24.0. The Morgan fingerprint density at radius 3 is 2.34 bits per heavy atom. The summed E-state index contributed by atoms with van der Waals surface area (Å²) in [6.07, 6.45) is 11.4. The molecule has 0 spiro atoms. The Hall–Kier alpha value is 0.400. The Balaban J connectivity index is 1.87. The van der Waals surface area contributed by atoms with E-state index >= 15 is 0 Å². The Kier molecular flexibility index (Phi) is 7.98. The Morgan fingerprint density at radius 2 is 1.75 bits per heavy atom. The van der Waals surface area contributed by atoms with Crippen LogP contribution in [0.1, 0.15) is 120 Å². The predicted octanol–water partition coefficient (Wildman–Crippen LogP) is 7.98. The molecule has 0 heterocycles. The number of rotatable bonds is 6. The fourth-order valence-electron chi connectivity index (χ4n) is 9.14. The highest BCUT2D eigenvalue weighted by atomic mass is 79.9. The van der Waals surface area contributed by atoms with Gasteiger partial charge in [0.05, 0.1) is 11.7 Å². The van der Waals surface area contributed by atoms with Crippen molar-refractivity contribution in [2.75, 3.05) is 0 Å². The van der Waals surface area contributed by atoms with E-state index < -0.39 is 5.60 Å². The maximum Gasteiger partial charge on any atom is 0.0591 e. The minimum absolute atomic E-state index is 0.134. The minimum Gasteiger partial charge on any atom is -0.393 e. The number of hydrogen-bond donors (Lipinski definition) is 2. The standard InChI is InChI=1S/C29H53BrO2/c1-9-23(19(2)12-15-26(4,5)32)27(6)16-13-24-22(20(27)3)17-25(30)29(8)18-21(31)11-10-14-28(24,29)7/h19-25,31-32H,9-18H2,1-8H3/t19-,20-,21+,22?,23-,24?,25?,27+,28-,29?/m1/s1.